The van der Waals surface area contributed by atoms with E-state index in [1.54, 1.807) is 0 Å². The molecule has 1 aliphatic heterocycles. The number of pyridine rings is 1. The van der Waals surface area contributed by atoms with Crippen molar-refractivity contribution in [3.8, 4) is 17.3 Å². The third kappa shape index (κ3) is 4.94. The Kier molecular flexibility index (Phi) is 5.91. The van der Waals surface area contributed by atoms with E-state index >= 15 is 0 Å². The van der Waals surface area contributed by atoms with Crippen LogP contribution in [0.4, 0.5) is 8.78 Å². The minimum atomic E-state index is -2.53. The van der Waals surface area contributed by atoms with Crippen LogP contribution < -0.4 is 4.74 Å². The summed E-state index contributed by atoms with van der Waals surface area (Å²) in [6.45, 7) is 2.21. The van der Waals surface area contributed by atoms with Crippen LogP contribution in [0.2, 0.25) is 0 Å². The molecule has 2 atom stereocenters. The smallest absolute Gasteiger partial charge is 0.272 e. The molecule has 2 aromatic rings. The predicted molar refractivity (Wildman–Crippen MR) is 85.5 cm³/mol. The molecule has 6 nitrogen and oxygen atoms in total. The van der Waals surface area contributed by atoms with Gasteiger partial charge in [-0.25, -0.2) is 8.78 Å². The number of hydrogen-bond donors (Lipinski definition) is 0. The number of halogens is 2. The van der Waals surface area contributed by atoms with Gasteiger partial charge in [0.15, 0.2) is 0 Å². The molecule has 1 saturated heterocycles. The summed E-state index contributed by atoms with van der Waals surface area (Å²) in [7, 11) is 0. The van der Waals surface area contributed by atoms with Gasteiger partial charge in [0.05, 0.1) is 6.10 Å². The maximum Gasteiger partial charge on any atom is 0.272 e. The second-order valence-corrected chi connectivity index (χ2v) is 6.09. The van der Waals surface area contributed by atoms with E-state index in [2.05, 4.69) is 22.0 Å². The number of alkyl halides is 2. The second-order valence-electron chi connectivity index (χ2n) is 6.09. The van der Waals surface area contributed by atoms with Gasteiger partial charge in [-0.15, -0.1) is 0 Å². The van der Waals surface area contributed by atoms with Crippen molar-refractivity contribution < 1.29 is 22.8 Å². The normalized spacial score (nSPS) is 20.8. The highest BCUT2D eigenvalue weighted by atomic mass is 19.3. The van der Waals surface area contributed by atoms with Gasteiger partial charge in [0.25, 0.3) is 6.43 Å². The standard InChI is InChI=1S/C17H21F2N3O3/c1-2-12-7-11(4-6-23-12)8-16-21-17(22-25-16)14-9-13(3-5-20-14)24-10-15(18)19/h3,5,9,11-12,15H,2,4,6-8,10H2,1H3. The summed E-state index contributed by atoms with van der Waals surface area (Å²) in [5, 5.41) is 3.94. The van der Waals surface area contributed by atoms with Crippen LogP contribution in [-0.2, 0) is 11.2 Å². The van der Waals surface area contributed by atoms with Crippen LogP contribution >= 0.6 is 0 Å². The first-order chi connectivity index (χ1) is 12.1. The molecule has 0 bridgehead atoms. The van der Waals surface area contributed by atoms with Crippen LogP contribution in [0, 0.1) is 5.92 Å². The molecule has 0 spiro atoms. The molecule has 3 rings (SSSR count). The average Bonchev–Trinajstić information content (AvgIpc) is 3.09. The largest absolute Gasteiger partial charge is 0.488 e. The molecule has 8 heteroatoms. The van der Waals surface area contributed by atoms with Crippen molar-refractivity contribution in [3.63, 3.8) is 0 Å². The molecule has 0 saturated carbocycles. The van der Waals surface area contributed by atoms with Crippen LogP contribution in [0.5, 0.6) is 5.75 Å². The van der Waals surface area contributed by atoms with Gasteiger partial charge in [-0.3, -0.25) is 4.98 Å². The van der Waals surface area contributed by atoms with Gasteiger partial charge in [-0.05, 0) is 31.2 Å². The fourth-order valence-corrected chi connectivity index (χ4v) is 2.90. The molecule has 2 unspecified atom stereocenters. The number of ether oxygens (including phenoxy) is 2. The molecule has 0 amide bonds. The average molecular weight is 353 g/mol. The van der Waals surface area contributed by atoms with E-state index in [1.165, 1.54) is 18.3 Å². The SMILES string of the molecule is CCC1CC(Cc2nc(-c3cc(OCC(F)F)ccn3)no2)CCO1. The van der Waals surface area contributed by atoms with E-state index in [9.17, 15) is 8.78 Å². The zero-order valence-corrected chi connectivity index (χ0v) is 14.0. The first-order valence-electron chi connectivity index (χ1n) is 8.45. The topological polar surface area (TPSA) is 70.3 Å². The molecule has 0 N–H and O–H groups in total. The van der Waals surface area contributed by atoms with Gasteiger partial charge >= 0.3 is 0 Å². The Morgan fingerprint density at radius 1 is 1.40 bits per heavy atom. The van der Waals surface area contributed by atoms with E-state index in [4.69, 9.17) is 14.0 Å². The van der Waals surface area contributed by atoms with E-state index in [0.29, 0.717) is 41.6 Å². The first kappa shape index (κ1) is 17.7. The monoisotopic (exact) mass is 353 g/mol. The molecule has 1 aliphatic rings. The summed E-state index contributed by atoms with van der Waals surface area (Å²) < 4.78 is 40.5. The lowest BCUT2D eigenvalue weighted by Gasteiger charge is -2.27. The zero-order valence-electron chi connectivity index (χ0n) is 14.0. The predicted octanol–water partition coefficient (Wildman–Crippen LogP) is 3.52. The minimum Gasteiger partial charge on any atom is -0.488 e. The Bertz CT molecular complexity index is 681. The van der Waals surface area contributed by atoms with Crippen LogP contribution in [-0.4, -0.2) is 40.9 Å². The van der Waals surface area contributed by atoms with Crippen LogP contribution in [0.3, 0.4) is 0 Å². The Hall–Kier alpha value is -2.09. The Morgan fingerprint density at radius 3 is 3.08 bits per heavy atom. The van der Waals surface area contributed by atoms with Gasteiger partial charge in [-0.1, -0.05) is 12.1 Å². The number of nitrogens with zero attached hydrogens (tertiary/aromatic N) is 3. The van der Waals surface area contributed by atoms with Gasteiger partial charge in [0.1, 0.15) is 18.1 Å². The molecule has 0 aliphatic carbocycles. The third-order valence-electron chi connectivity index (χ3n) is 4.20. The zero-order chi connectivity index (χ0) is 17.6. The van der Waals surface area contributed by atoms with Gasteiger partial charge in [0, 0.05) is 25.3 Å². The molecule has 1 fully saturated rings. The molecular formula is C17H21F2N3O3. The summed E-state index contributed by atoms with van der Waals surface area (Å²) in [6.07, 6.45) is 2.91. The van der Waals surface area contributed by atoms with Gasteiger partial charge in [0.2, 0.25) is 11.7 Å². The molecule has 2 aromatic heterocycles. The number of rotatable bonds is 7. The molecule has 25 heavy (non-hydrogen) atoms. The molecule has 136 valence electrons. The highest BCUT2D eigenvalue weighted by molar-refractivity contribution is 5.50. The maximum absolute atomic E-state index is 12.2. The maximum atomic E-state index is 12.2. The second kappa shape index (κ2) is 8.33. The lowest BCUT2D eigenvalue weighted by Crippen LogP contribution is -2.26. The van der Waals surface area contributed by atoms with Crippen molar-refractivity contribution >= 4 is 0 Å². The number of hydrogen-bond acceptors (Lipinski definition) is 6. The molecule has 3 heterocycles. The molecule has 0 aromatic carbocycles. The number of aromatic nitrogens is 3. The summed E-state index contributed by atoms with van der Waals surface area (Å²) in [6, 6.07) is 3.04. The van der Waals surface area contributed by atoms with Crippen molar-refractivity contribution in [2.75, 3.05) is 13.2 Å². The Morgan fingerprint density at radius 2 is 2.28 bits per heavy atom. The van der Waals surface area contributed by atoms with Crippen LogP contribution in [0.25, 0.3) is 11.5 Å². The lowest BCUT2D eigenvalue weighted by atomic mass is 9.91. The van der Waals surface area contributed by atoms with E-state index in [1.807, 2.05) is 0 Å². The van der Waals surface area contributed by atoms with E-state index in [0.717, 1.165) is 25.9 Å². The lowest BCUT2D eigenvalue weighted by molar-refractivity contribution is -0.0115. The quantitative estimate of drug-likeness (QED) is 0.758. The first-order valence-corrected chi connectivity index (χ1v) is 8.45. The van der Waals surface area contributed by atoms with Crippen molar-refractivity contribution in [3.05, 3.63) is 24.2 Å². The minimum absolute atomic E-state index is 0.298. The summed E-state index contributed by atoms with van der Waals surface area (Å²) in [4.78, 5) is 8.53. The highest BCUT2D eigenvalue weighted by Gasteiger charge is 2.24. The van der Waals surface area contributed by atoms with Crippen LogP contribution in [0.15, 0.2) is 22.9 Å². The van der Waals surface area contributed by atoms with Gasteiger partial charge < -0.3 is 14.0 Å². The molecule has 0 radical (unpaired) electrons. The Labute approximate surface area is 144 Å². The van der Waals surface area contributed by atoms with Crippen molar-refractivity contribution in [1.82, 2.24) is 15.1 Å². The fourth-order valence-electron chi connectivity index (χ4n) is 2.90. The fraction of sp³-hybridized carbons (Fsp3) is 0.588. The van der Waals surface area contributed by atoms with Crippen molar-refractivity contribution in [2.24, 2.45) is 5.92 Å². The third-order valence-corrected chi connectivity index (χ3v) is 4.20. The molecular weight excluding hydrogens is 332 g/mol. The Balaban J connectivity index is 1.64. The summed E-state index contributed by atoms with van der Waals surface area (Å²) >= 11 is 0. The van der Waals surface area contributed by atoms with E-state index < -0.39 is 13.0 Å². The summed E-state index contributed by atoms with van der Waals surface area (Å²) in [5.74, 6) is 1.64. The van der Waals surface area contributed by atoms with Crippen LogP contribution in [0.1, 0.15) is 32.1 Å². The van der Waals surface area contributed by atoms with Crippen molar-refractivity contribution in [1.29, 1.82) is 0 Å². The van der Waals surface area contributed by atoms with Gasteiger partial charge in [-0.2, -0.15) is 4.98 Å². The van der Waals surface area contributed by atoms with Crippen molar-refractivity contribution in [2.45, 2.75) is 45.1 Å². The highest BCUT2D eigenvalue weighted by Crippen LogP contribution is 2.26. The summed E-state index contributed by atoms with van der Waals surface area (Å²) in [5.41, 5.74) is 0.431. The van der Waals surface area contributed by atoms with E-state index in [-0.39, 0.29) is 0 Å².